The van der Waals surface area contributed by atoms with Crippen LogP contribution >= 0.6 is 0 Å². The molecule has 4 rings (SSSR count). The SMILES string of the molecule is c1ccccc1.c1ccncc1.c1cnccn1.c1cncnc1. The lowest BCUT2D eigenvalue weighted by molar-refractivity contribution is 1.17. The quantitative estimate of drug-likeness (QED) is 0.494. The molecule has 0 unspecified atom stereocenters. The van der Waals surface area contributed by atoms with Crippen molar-refractivity contribution in [2.45, 2.75) is 0 Å². The molecule has 120 valence electrons. The highest BCUT2D eigenvalue weighted by Crippen LogP contribution is 1.80. The molecule has 3 aromatic heterocycles. The fraction of sp³-hybridized carbons (Fsp3) is 0. The van der Waals surface area contributed by atoms with Gasteiger partial charge < -0.3 is 0 Å². The van der Waals surface area contributed by atoms with Crippen LogP contribution in [0.4, 0.5) is 0 Å². The predicted molar refractivity (Wildman–Crippen MR) is 94.7 cm³/mol. The van der Waals surface area contributed by atoms with Gasteiger partial charge in [0.15, 0.2) is 0 Å². The van der Waals surface area contributed by atoms with Crippen molar-refractivity contribution in [1.82, 2.24) is 24.9 Å². The Balaban J connectivity index is 0.000000160. The number of pyridine rings is 1. The second kappa shape index (κ2) is 15.9. The summed E-state index contributed by atoms with van der Waals surface area (Å²) in [6.07, 6.45) is 14.9. The smallest absolute Gasteiger partial charge is 0.115 e. The van der Waals surface area contributed by atoms with Crippen LogP contribution in [0, 0.1) is 0 Å². The van der Waals surface area contributed by atoms with Crippen LogP contribution in [-0.4, -0.2) is 24.9 Å². The highest BCUT2D eigenvalue weighted by atomic mass is 14.8. The first-order chi connectivity index (χ1) is 12.0. The molecule has 0 saturated heterocycles. The molecule has 0 bridgehead atoms. The Labute approximate surface area is 142 Å². The van der Waals surface area contributed by atoms with E-state index in [9.17, 15) is 0 Å². The molecule has 1 aromatic carbocycles. The van der Waals surface area contributed by atoms with Crippen molar-refractivity contribution < 1.29 is 0 Å². The second-order valence-corrected chi connectivity index (χ2v) is 3.98. The third-order valence-electron chi connectivity index (χ3n) is 2.19. The molecule has 4 aromatic rings. The maximum atomic E-state index is 3.78. The Kier molecular flexibility index (Phi) is 12.3. The van der Waals surface area contributed by atoms with E-state index in [1.807, 2.05) is 54.6 Å². The number of rotatable bonds is 0. The minimum absolute atomic E-state index is 1.50. The normalized spacial score (nSPS) is 8.00. The molecule has 0 aliphatic rings. The summed E-state index contributed by atoms with van der Waals surface area (Å²) in [5.41, 5.74) is 0. The largest absolute Gasteiger partial charge is 0.265 e. The van der Waals surface area contributed by atoms with Crippen LogP contribution in [0.1, 0.15) is 0 Å². The summed E-state index contributed by atoms with van der Waals surface area (Å²) < 4.78 is 0. The van der Waals surface area contributed by atoms with Crippen molar-refractivity contribution in [2.75, 3.05) is 0 Å². The van der Waals surface area contributed by atoms with E-state index >= 15 is 0 Å². The average molecular weight is 317 g/mol. The Morgan fingerprint density at radius 3 is 0.750 bits per heavy atom. The number of hydrogen-bond donors (Lipinski definition) is 0. The van der Waals surface area contributed by atoms with Crippen LogP contribution in [0.5, 0.6) is 0 Å². The van der Waals surface area contributed by atoms with Crippen molar-refractivity contribution >= 4 is 0 Å². The van der Waals surface area contributed by atoms with Crippen molar-refractivity contribution in [1.29, 1.82) is 0 Å². The van der Waals surface area contributed by atoms with E-state index in [0.29, 0.717) is 0 Å². The number of hydrogen-bond acceptors (Lipinski definition) is 5. The van der Waals surface area contributed by atoms with E-state index in [0.717, 1.165) is 0 Å². The highest BCUT2D eigenvalue weighted by Gasteiger charge is 1.60. The molecule has 0 fully saturated rings. The Morgan fingerprint density at radius 1 is 0.250 bits per heavy atom. The van der Waals surface area contributed by atoms with Gasteiger partial charge in [0.25, 0.3) is 0 Å². The van der Waals surface area contributed by atoms with Crippen LogP contribution in [0.15, 0.2) is 117 Å². The summed E-state index contributed by atoms with van der Waals surface area (Å²) in [6.45, 7) is 0. The van der Waals surface area contributed by atoms with Gasteiger partial charge in [0.2, 0.25) is 0 Å². The van der Waals surface area contributed by atoms with E-state index in [1.165, 1.54) is 6.33 Å². The first-order valence-corrected chi connectivity index (χ1v) is 7.25. The molecule has 0 radical (unpaired) electrons. The minimum atomic E-state index is 1.50. The first kappa shape index (κ1) is 18.6. The lowest BCUT2D eigenvalue weighted by Gasteiger charge is -1.70. The molecular formula is C19H19N5. The van der Waals surface area contributed by atoms with E-state index in [4.69, 9.17) is 0 Å². The van der Waals surface area contributed by atoms with Gasteiger partial charge in [-0.15, -0.1) is 0 Å². The lowest BCUT2D eigenvalue weighted by Crippen LogP contribution is -1.66. The molecule has 5 heteroatoms. The highest BCUT2D eigenvalue weighted by molar-refractivity contribution is 4.99. The number of aromatic nitrogens is 5. The number of nitrogens with zero attached hydrogens (tertiary/aromatic N) is 5. The van der Waals surface area contributed by atoms with Gasteiger partial charge in [-0.3, -0.25) is 15.0 Å². The predicted octanol–water partition coefficient (Wildman–Crippen LogP) is 3.72. The van der Waals surface area contributed by atoms with E-state index < -0.39 is 0 Å². The van der Waals surface area contributed by atoms with Gasteiger partial charge in [-0.1, -0.05) is 42.5 Å². The summed E-state index contributed by atoms with van der Waals surface area (Å²) in [6, 6.07) is 19.5. The maximum Gasteiger partial charge on any atom is 0.115 e. The fourth-order valence-electron chi connectivity index (χ4n) is 1.20. The Hall–Kier alpha value is -3.47. The fourth-order valence-corrected chi connectivity index (χ4v) is 1.20. The zero-order chi connectivity index (χ0) is 17.0. The average Bonchev–Trinajstić information content (AvgIpc) is 2.75. The van der Waals surface area contributed by atoms with Gasteiger partial charge in [-0.2, -0.15) is 0 Å². The molecule has 0 spiro atoms. The van der Waals surface area contributed by atoms with Gasteiger partial charge in [0, 0.05) is 49.6 Å². The third-order valence-corrected chi connectivity index (χ3v) is 2.19. The molecule has 0 N–H and O–H groups in total. The van der Waals surface area contributed by atoms with Gasteiger partial charge in [-0.25, -0.2) is 9.97 Å². The maximum absolute atomic E-state index is 3.78. The van der Waals surface area contributed by atoms with Crippen molar-refractivity contribution in [3.63, 3.8) is 0 Å². The van der Waals surface area contributed by atoms with E-state index in [1.54, 1.807) is 55.6 Å². The van der Waals surface area contributed by atoms with Gasteiger partial charge in [0.1, 0.15) is 6.33 Å². The zero-order valence-electron chi connectivity index (χ0n) is 13.2. The van der Waals surface area contributed by atoms with Crippen molar-refractivity contribution in [2.24, 2.45) is 0 Å². The zero-order valence-corrected chi connectivity index (χ0v) is 13.2. The van der Waals surface area contributed by atoms with Crippen molar-refractivity contribution in [3.05, 3.63) is 117 Å². The third kappa shape index (κ3) is 13.5. The van der Waals surface area contributed by atoms with Crippen LogP contribution < -0.4 is 0 Å². The molecule has 3 heterocycles. The summed E-state index contributed by atoms with van der Waals surface area (Å²) in [5, 5.41) is 0. The molecule has 5 nitrogen and oxygen atoms in total. The molecule has 0 saturated carbocycles. The Bertz CT molecular complexity index is 432. The van der Waals surface area contributed by atoms with E-state index in [2.05, 4.69) is 24.9 Å². The van der Waals surface area contributed by atoms with Gasteiger partial charge in [-0.05, 0) is 18.2 Å². The van der Waals surface area contributed by atoms with Crippen LogP contribution in [0.2, 0.25) is 0 Å². The molecule has 24 heavy (non-hydrogen) atoms. The molecule has 0 aliphatic heterocycles. The van der Waals surface area contributed by atoms with Gasteiger partial charge in [0.05, 0.1) is 0 Å². The van der Waals surface area contributed by atoms with Crippen LogP contribution in [-0.2, 0) is 0 Å². The summed E-state index contributed by atoms with van der Waals surface area (Å²) in [7, 11) is 0. The first-order valence-electron chi connectivity index (χ1n) is 7.25. The summed E-state index contributed by atoms with van der Waals surface area (Å²) in [5.74, 6) is 0. The molecular weight excluding hydrogens is 298 g/mol. The van der Waals surface area contributed by atoms with Crippen molar-refractivity contribution in [3.8, 4) is 0 Å². The summed E-state index contributed by atoms with van der Waals surface area (Å²) >= 11 is 0. The van der Waals surface area contributed by atoms with Crippen LogP contribution in [0.3, 0.4) is 0 Å². The van der Waals surface area contributed by atoms with Crippen LogP contribution in [0.25, 0.3) is 0 Å². The lowest BCUT2D eigenvalue weighted by atomic mass is 10.4. The van der Waals surface area contributed by atoms with E-state index in [-0.39, 0.29) is 0 Å². The Morgan fingerprint density at radius 2 is 0.583 bits per heavy atom. The standard InChI is InChI=1S/C6H6.C5H5N.2C4H4N2/c2*1-2-4-6-5-3-1;1-2-6-4-3-5-1;1-2-5-4-6-3-1/h1-6H;1-5H;2*1-4H. The topological polar surface area (TPSA) is 64.5 Å². The second-order valence-electron chi connectivity index (χ2n) is 3.98. The molecule has 0 aliphatic carbocycles. The summed E-state index contributed by atoms with van der Waals surface area (Å²) in [4.78, 5) is 18.6. The minimum Gasteiger partial charge on any atom is -0.265 e. The molecule has 0 atom stereocenters. The molecule has 0 amide bonds. The monoisotopic (exact) mass is 317 g/mol. The number of benzene rings is 1. The van der Waals surface area contributed by atoms with Gasteiger partial charge >= 0.3 is 0 Å².